The number of Topliss-reactive ketones (excluding diaryl/α,β-unsaturated/α-hetero) is 2. The molecule has 4 aromatic heterocycles. The number of unbranched alkanes of at least 4 members (excludes halogenated alkanes) is 4. The second-order valence-electron chi connectivity index (χ2n) is 24.6. The zero-order chi connectivity index (χ0) is 64.6. The van der Waals surface area contributed by atoms with Crippen molar-refractivity contribution in [2.45, 2.75) is 183 Å². The molecule has 90 heavy (non-hydrogen) atoms. The van der Waals surface area contributed by atoms with Crippen LogP contribution >= 0.6 is 91.8 Å². The van der Waals surface area contributed by atoms with E-state index in [0.717, 1.165) is 147 Å². The molecule has 468 valence electrons. The standard InChI is InChI=1S/C75H78Cl4N4O3S4/c1-9-17-21-43(13-5)25-47-26-50(27-56-67(48(38-80)39-81)52-30-60(76)62(78)32-54(52)69(56)84)87-71(47)65-34-58-72(89-65)73-59(75(58,36-44(14-6)22-18-10-2)37-45(15-7)23-19-11-3)35-66(90-73)74-64(86-42-46(16-8)24-20-12-4)29-51(88-74)28-57-68(49(40-82)41-83)53-31-61(77)63(79)33-55(53)70(57)85/h26-35,43-46H,9-25,36-37,42H2,1-8H3/b56-27-,57-28-. The van der Waals surface area contributed by atoms with Crippen LogP contribution in [-0.4, -0.2) is 18.2 Å². The molecule has 9 rings (SSSR count). The van der Waals surface area contributed by atoms with Gasteiger partial charge in [0.15, 0.2) is 11.6 Å². The predicted octanol–water partition coefficient (Wildman–Crippen LogP) is 24.9. The number of halogens is 4. The summed E-state index contributed by atoms with van der Waals surface area (Å²) in [7, 11) is 0. The molecule has 15 heteroatoms. The number of rotatable bonds is 29. The Morgan fingerprint density at radius 2 is 0.878 bits per heavy atom. The fraction of sp³-hybridized carbons (Fsp3) is 0.440. The van der Waals surface area contributed by atoms with Crippen molar-refractivity contribution in [3.05, 3.63) is 140 Å². The Morgan fingerprint density at radius 3 is 1.30 bits per heavy atom. The summed E-state index contributed by atoms with van der Waals surface area (Å²) in [6, 6.07) is 23.8. The van der Waals surface area contributed by atoms with Crippen molar-refractivity contribution < 1.29 is 14.3 Å². The topological polar surface area (TPSA) is 139 Å². The van der Waals surface area contributed by atoms with Gasteiger partial charge in [0.05, 0.1) is 31.6 Å². The van der Waals surface area contributed by atoms with Gasteiger partial charge < -0.3 is 4.74 Å². The van der Waals surface area contributed by atoms with E-state index in [1.165, 1.54) is 42.3 Å². The van der Waals surface area contributed by atoms with Crippen LogP contribution in [0.25, 0.3) is 52.6 Å². The molecule has 0 spiro atoms. The third-order valence-corrected chi connectivity index (χ3v) is 25.2. The summed E-state index contributed by atoms with van der Waals surface area (Å²) in [5.41, 5.74) is 5.85. The first-order valence-corrected chi connectivity index (χ1v) is 37.1. The molecule has 6 aromatic rings. The van der Waals surface area contributed by atoms with Gasteiger partial charge in [-0.1, -0.05) is 198 Å². The fourth-order valence-electron chi connectivity index (χ4n) is 13.6. The number of fused-ring (bicyclic) bond motifs is 5. The van der Waals surface area contributed by atoms with E-state index in [2.05, 4.69) is 97.9 Å². The van der Waals surface area contributed by atoms with Gasteiger partial charge in [-0.15, -0.1) is 45.3 Å². The van der Waals surface area contributed by atoms with Gasteiger partial charge in [0.25, 0.3) is 0 Å². The Bertz CT molecular complexity index is 3970. The third kappa shape index (κ3) is 14.0. The molecular formula is C75H78Cl4N4O3S4. The monoisotopic (exact) mass is 1350 g/mol. The summed E-state index contributed by atoms with van der Waals surface area (Å²) in [5.74, 6) is 1.84. The van der Waals surface area contributed by atoms with Gasteiger partial charge in [0, 0.05) is 73.0 Å². The Morgan fingerprint density at radius 1 is 0.489 bits per heavy atom. The highest BCUT2D eigenvalue weighted by Gasteiger charge is 2.49. The quantitative estimate of drug-likeness (QED) is 0.0337. The van der Waals surface area contributed by atoms with Gasteiger partial charge in [0.2, 0.25) is 0 Å². The highest BCUT2D eigenvalue weighted by Crippen LogP contribution is 2.64. The number of carbonyl (C=O) groups excluding carboxylic acids is 2. The Balaban J connectivity index is 1.28. The lowest BCUT2D eigenvalue weighted by molar-refractivity contribution is 0.103. The molecule has 4 unspecified atom stereocenters. The van der Waals surface area contributed by atoms with E-state index in [-0.39, 0.29) is 70.5 Å². The Kier molecular flexibility index (Phi) is 23.6. The summed E-state index contributed by atoms with van der Waals surface area (Å²) in [4.78, 5) is 37.7. The molecule has 0 saturated carbocycles. The first kappa shape index (κ1) is 68.8. The van der Waals surface area contributed by atoms with Gasteiger partial charge in [-0.3, -0.25) is 9.59 Å². The first-order valence-electron chi connectivity index (χ1n) is 32.3. The maximum absolute atomic E-state index is 14.5. The van der Waals surface area contributed by atoms with E-state index in [9.17, 15) is 30.6 Å². The highest BCUT2D eigenvalue weighted by atomic mass is 35.5. The van der Waals surface area contributed by atoms with E-state index < -0.39 is 0 Å². The van der Waals surface area contributed by atoms with Crippen LogP contribution in [0.2, 0.25) is 20.1 Å². The minimum absolute atomic E-state index is 0.158. The van der Waals surface area contributed by atoms with Crippen molar-refractivity contribution in [1.82, 2.24) is 0 Å². The molecule has 4 atom stereocenters. The minimum atomic E-state index is -0.335. The number of hydrogen-bond acceptors (Lipinski definition) is 11. The average Bonchev–Trinajstić information content (AvgIpc) is 1.55. The van der Waals surface area contributed by atoms with Crippen molar-refractivity contribution in [3.8, 4) is 59.3 Å². The number of ether oxygens (including phenoxy) is 1. The molecule has 0 saturated heterocycles. The molecule has 0 bridgehead atoms. The van der Waals surface area contributed by atoms with Crippen LogP contribution in [0, 0.1) is 69.0 Å². The van der Waals surface area contributed by atoms with Crippen molar-refractivity contribution in [2.75, 3.05) is 6.61 Å². The molecule has 2 aromatic carbocycles. The molecule has 4 heterocycles. The van der Waals surface area contributed by atoms with Gasteiger partial charge in [-0.25, -0.2) is 0 Å². The number of hydrogen-bond donors (Lipinski definition) is 0. The van der Waals surface area contributed by atoms with E-state index in [1.54, 1.807) is 40.9 Å². The molecule has 0 amide bonds. The number of allylic oxidation sites excluding steroid dienone is 6. The van der Waals surface area contributed by atoms with Crippen LogP contribution in [-0.2, 0) is 11.8 Å². The normalized spacial score (nSPS) is 17.0. The minimum Gasteiger partial charge on any atom is -0.492 e. The van der Waals surface area contributed by atoms with Crippen LogP contribution in [0.3, 0.4) is 0 Å². The molecule has 3 aliphatic rings. The zero-order valence-corrected chi connectivity index (χ0v) is 59.2. The summed E-state index contributed by atoms with van der Waals surface area (Å²) in [6.07, 6.45) is 24.2. The fourth-order valence-corrected chi connectivity index (χ4v) is 19.4. The zero-order valence-electron chi connectivity index (χ0n) is 52.9. The highest BCUT2D eigenvalue weighted by molar-refractivity contribution is 7.29. The Labute approximate surface area is 569 Å². The second kappa shape index (κ2) is 30.9. The first-order chi connectivity index (χ1) is 43.5. The maximum atomic E-state index is 14.5. The van der Waals surface area contributed by atoms with E-state index in [1.807, 2.05) is 40.9 Å². The largest absolute Gasteiger partial charge is 0.492 e. The predicted molar refractivity (Wildman–Crippen MR) is 381 cm³/mol. The lowest BCUT2D eigenvalue weighted by atomic mass is 9.65. The number of nitrogens with zero attached hydrogens (tertiary/aromatic N) is 4. The molecule has 7 nitrogen and oxygen atoms in total. The van der Waals surface area contributed by atoms with Crippen LogP contribution < -0.4 is 4.74 Å². The smallest absolute Gasteiger partial charge is 0.194 e. The lowest BCUT2D eigenvalue weighted by Crippen LogP contribution is -2.31. The molecule has 0 N–H and O–H groups in total. The van der Waals surface area contributed by atoms with E-state index in [4.69, 9.17) is 51.1 Å². The third-order valence-electron chi connectivity index (χ3n) is 18.8. The molecular weight excluding hydrogens is 1270 g/mol. The molecule has 0 aliphatic heterocycles. The van der Waals surface area contributed by atoms with Gasteiger partial charge >= 0.3 is 0 Å². The van der Waals surface area contributed by atoms with Crippen molar-refractivity contribution in [3.63, 3.8) is 0 Å². The van der Waals surface area contributed by atoms with Crippen molar-refractivity contribution in [1.29, 1.82) is 21.0 Å². The van der Waals surface area contributed by atoms with Crippen LogP contribution in [0.4, 0.5) is 0 Å². The summed E-state index contributed by atoms with van der Waals surface area (Å²) in [6.45, 7) is 18.8. The number of nitriles is 4. The Hall–Kier alpha value is -5.54. The number of ketones is 2. The maximum Gasteiger partial charge on any atom is 0.194 e. The summed E-state index contributed by atoms with van der Waals surface area (Å²) >= 11 is 33.1. The SMILES string of the molecule is CCCCC(CC)COc1cc(/C=C2\C(=O)c3cc(Cl)c(Cl)cc3C2=C(C#N)C#N)sc1-c1cc2c(s1)-c1sc(-c3sc(/C=C4\C(=O)c5cc(Cl)c(Cl)cc5C4=C(C#N)C#N)cc3CC(CC)CCCC)cc1C2(CC(CC)CCCC)CC(CC)CCCC. The number of carbonyl (C=O) groups is 2. The number of benzene rings is 2. The summed E-state index contributed by atoms with van der Waals surface area (Å²) < 4.78 is 7.04. The molecule has 0 fully saturated rings. The van der Waals surface area contributed by atoms with E-state index in [0.29, 0.717) is 52.5 Å². The summed E-state index contributed by atoms with van der Waals surface area (Å²) in [5, 5.41) is 42.2. The van der Waals surface area contributed by atoms with Crippen LogP contribution in [0.1, 0.15) is 229 Å². The van der Waals surface area contributed by atoms with Crippen molar-refractivity contribution in [2.24, 2.45) is 23.7 Å². The lowest BCUT2D eigenvalue weighted by Gasteiger charge is -2.37. The average molecular weight is 1350 g/mol. The second-order valence-corrected chi connectivity index (χ2v) is 30.5. The van der Waals surface area contributed by atoms with Crippen LogP contribution in [0.15, 0.2) is 70.8 Å². The van der Waals surface area contributed by atoms with Crippen molar-refractivity contribution >= 4 is 127 Å². The van der Waals surface area contributed by atoms with Gasteiger partial charge in [0.1, 0.15) is 41.2 Å². The van der Waals surface area contributed by atoms with E-state index >= 15 is 0 Å². The van der Waals surface area contributed by atoms with Crippen LogP contribution in [0.5, 0.6) is 5.75 Å². The van der Waals surface area contributed by atoms with Gasteiger partial charge in [-0.2, -0.15) is 21.0 Å². The number of thiophene rings is 4. The van der Waals surface area contributed by atoms with Gasteiger partial charge in [-0.05, 0) is 138 Å². The molecule has 0 radical (unpaired) electrons. The molecule has 3 aliphatic carbocycles.